The second-order valence-electron chi connectivity index (χ2n) is 4.14. The van der Waals surface area contributed by atoms with Gasteiger partial charge < -0.3 is 14.9 Å². The number of aromatic amines is 1. The average Bonchev–Trinajstić information content (AvgIpc) is 2.50. The molecule has 1 aromatic heterocycles. The number of aliphatic hydroxyl groups excluding tert-OH is 2. The first-order valence-corrected chi connectivity index (χ1v) is 5.60. The zero-order chi connectivity index (χ0) is 14.4. The Morgan fingerprint density at radius 3 is 2.89 bits per heavy atom. The molecule has 8 heteroatoms. The summed E-state index contributed by atoms with van der Waals surface area (Å²) in [5, 5.41) is 19.0. The van der Waals surface area contributed by atoms with Crippen molar-refractivity contribution in [3.63, 3.8) is 0 Å². The zero-order valence-corrected chi connectivity index (χ0v) is 10.2. The minimum Gasteiger partial charge on any atom is -0.394 e. The van der Waals surface area contributed by atoms with Gasteiger partial charge in [-0.3, -0.25) is 14.3 Å². The number of aliphatic hydroxyl groups is 2. The predicted molar refractivity (Wildman–Crippen MR) is 62.6 cm³/mol. The van der Waals surface area contributed by atoms with Gasteiger partial charge in [-0.15, -0.1) is 11.6 Å². The van der Waals surface area contributed by atoms with Crippen LogP contribution in [-0.4, -0.2) is 43.5 Å². The topological polar surface area (TPSA) is 105 Å². The molecule has 7 nitrogen and oxygen atoms in total. The SMILES string of the molecule is [2H][C@@]1(n2ccc(=O)[nH]c2=O)O[C@H](CO)[C@@H](O)[C@@]1(C)Cl. The Balaban J connectivity index is 2.59. The van der Waals surface area contributed by atoms with E-state index in [0.717, 1.165) is 16.8 Å². The Labute approximate surface area is 108 Å². The normalized spacial score (nSPS) is 40.8. The quantitative estimate of drug-likeness (QED) is 0.588. The molecule has 0 aromatic carbocycles. The van der Waals surface area contributed by atoms with Crippen molar-refractivity contribution in [2.45, 2.75) is 30.2 Å². The smallest absolute Gasteiger partial charge is 0.330 e. The van der Waals surface area contributed by atoms with E-state index >= 15 is 0 Å². The predicted octanol–water partition coefficient (Wildman–Crippen LogP) is -1.22. The van der Waals surface area contributed by atoms with Crippen LogP contribution in [0.4, 0.5) is 0 Å². The number of nitrogens with one attached hydrogen (secondary N) is 1. The molecule has 0 amide bonds. The standard InChI is InChI=1S/C10H13ClN2O5/c1-10(11)7(16)5(4-14)18-8(10)13-3-2-6(15)12-9(13)17/h2-3,5,7-8,14,16H,4H2,1H3,(H,12,15,17)/t5-,7-,8-,10-/m1/s1/i8D. The van der Waals surface area contributed by atoms with Crippen LogP contribution in [0.2, 0.25) is 0 Å². The van der Waals surface area contributed by atoms with Crippen LogP contribution < -0.4 is 11.2 Å². The highest BCUT2D eigenvalue weighted by Gasteiger charge is 2.53. The molecule has 0 saturated carbocycles. The van der Waals surface area contributed by atoms with Gasteiger partial charge in [-0.05, 0) is 6.92 Å². The van der Waals surface area contributed by atoms with Gasteiger partial charge in [-0.2, -0.15) is 0 Å². The van der Waals surface area contributed by atoms with Gasteiger partial charge in [0.2, 0.25) is 0 Å². The Hall–Kier alpha value is -1.15. The largest absolute Gasteiger partial charge is 0.394 e. The third-order valence-corrected chi connectivity index (χ3v) is 3.20. The number of hydrogen-bond acceptors (Lipinski definition) is 5. The Morgan fingerprint density at radius 1 is 1.72 bits per heavy atom. The van der Waals surface area contributed by atoms with E-state index in [1.807, 2.05) is 4.98 Å². The Kier molecular flexibility index (Phi) is 2.98. The molecule has 100 valence electrons. The summed E-state index contributed by atoms with van der Waals surface area (Å²) in [5.74, 6) is 0. The summed E-state index contributed by atoms with van der Waals surface area (Å²) in [6.07, 6.45) is -3.54. The lowest BCUT2D eigenvalue weighted by Gasteiger charge is -2.26. The fraction of sp³-hybridized carbons (Fsp3) is 0.600. The minimum absolute atomic E-state index is 0.553. The summed E-state index contributed by atoms with van der Waals surface area (Å²) in [6.45, 7) is 0.766. The third kappa shape index (κ3) is 1.99. The van der Waals surface area contributed by atoms with Gasteiger partial charge in [-0.1, -0.05) is 0 Å². The maximum Gasteiger partial charge on any atom is 0.330 e. The van der Waals surface area contributed by atoms with Gasteiger partial charge in [0.1, 0.15) is 17.1 Å². The monoisotopic (exact) mass is 277 g/mol. The molecule has 0 aliphatic carbocycles. The molecule has 2 heterocycles. The lowest BCUT2D eigenvalue weighted by molar-refractivity contribution is -0.0470. The van der Waals surface area contributed by atoms with E-state index in [1.165, 1.54) is 6.92 Å². The number of alkyl halides is 1. The van der Waals surface area contributed by atoms with Crippen LogP contribution in [0.1, 0.15) is 14.5 Å². The van der Waals surface area contributed by atoms with Crippen LogP contribution in [0.5, 0.6) is 0 Å². The summed E-state index contributed by atoms with van der Waals surface area (Å²) in [7, 11) is 0. The lowest BCUT2D eigenvalue weighted by Crippen LogP contribution is -2.42. The number of aromatic nitrogens is 2. The molecule has 1 saturated heterocycles. The minimum atomic E-state index is -2.15. The third-order valence-electron chi connectivity index (χ3n) is 2.81. The molecule has 4 atom stereocenters. The van der Waals surface area contributed by atoms with Crippen LogP contribution in [0.25, 0.3) is 0 Å². The van der Waals surface area contributed by atoms with Crippen molar-refractivity contribution >= 4 is 11.6 Å². The van der Waals surface area contributed by atoms with Gasteiger partial charge in [0.15, 0.2) is 6.20 Å². The number of hydrogen-bond donors (Lipinski definition) is 3. The van der Waals surface area contributed by atoms with Gasteiger partial charge in [0, 0.05) is 12.3 Å². The van der Waals surface area contributed by atoms with Gasteiger partial charge in [0.25, 0.3) is 5.56 Å². The van der Waals surface area contributed by atoms with Crippen molar-refractivity contribution in [1.29, 1.82) is 0 Å². The molecule has 0 unspecified atom stereocenters. The van der Waals surface area contributed by atoms with Crippen molar-refractivity contribution in [3.8, 4) is 0 Å². The van der Waals surface area contributed by atoms with E-state index in [1.54, 1.807) is 0 Å². The van der Waals surface area contributed by atoms with Gasteiger partial charge >= 0.3 is 5.69 Å². The molecule has 2 rings (SSSR count). The van der Waals surface area contributed by atoms with E-state index in [4.69, 9.17) is 22.8 Å². The summed E-state index contributed by atoms with van der Waals surface area (Å²) in [6, 6.07) is 1.03. The van der Waals surface area contributed by atoms with E-state index in [2.05, 4.69) is 0 Å². The highest BCUT2D eigenvalue weighted by atomic mass is 35.5. The van der Waals surface area contributed by atoms with Crippen LogP contribution >= 0.6 is 11.6 Å². The van der Waals surface area contributed by atoms with Crippen molar-refractivity contribution < 1.29 is 16.3 Å². The molecule has 1 aliphatic rings. The molecular formula is C10H13ClN2O5. The summed E-state index contributed by atoms with van der Waals surface area (Å²) < 4.78 is 14.2. The fourth-order valence-electron chi connectivity index (χ4n) is 1.81. The van der Waals surface area contributed by atoms with Crippen LogP contribution in [0.15, 0.2) is 21.9 Å². The van der Waals surface area contributed by atoms with E-state index in [0.29, 0.717) is 0 Å². The van der Waals surface area contributed by atoms with Crippen molar-refractivity contribution in [2.24, 2.45) is 0 Å². The molecule has 0 bridgehead atoms. The first kappa shape index (κ1) is 11.9. The number of halogens is 1. The van der Waals surface area contributed by atoms with Crippen LogP contribution in [0, 0.1) is 0 Å². The van der Waals surface area contributed by atoms with Crippen molar-refractivity contribution in [1.82, 2.24) is 9.55 Å². The van der Waals surface area contributed by atoms with Crippen LogP contribution in [0.3, 0.4) is 0 Å². The molecule has 1 fully saturated rings. The Morgan fingerprint density at radius 2 is 2.39 bits per heavy atom. The Bertz CT molecular complexity index is 600. The molecule has 1 aliphatic heterocycles. The number of H-pyrrole nitrogens is 1. The van der Waals surface area contributed by atoms with Gasteiger partial charge in [0.05, 0.1) is 7.98 Å². The summed E-state index contributed by atoms with van der Waals surface area (Å²) in [4.78, 5) is 23.0. The van der Waals surface area contributed by atoms with E-state index in [-0.39, 0.29) is 0 Å². The molecule has 0 radical (unpaired) electrons. The second kappa shape index (κ2) is 4.51. The molecular weight excluding hydrogens is 264 g/mol. The zero-order valence-electron chi connectivity index (χ0n) is 10.5. The number of ether oxygens (including phenoxy) is 1. The molecule has 18 heavy (non-hydrogen) atoms. The highest BCUT2D eigenvalue weighted by Crippen LogP contribution is 2.42. The maximum atomic E-state index is 11.7. The average molecular weight is 278 g/mol. The van der Waals surface area contributed by atoms with Crippen molar-refractivity contribution in [2.75, 3.05) is 6.61 Å². The van der Waals surface area contributed by atoms with Crippen LogP contribution in [-0.2, 0) is 4.74 Å². The van der Waals surface area contributed by atoms with Crippen molar-refractivity contribution in [3.05, 3.63) is 33.1 Å². The summed E-state index contributed by atoms with van der Waals surface area (Å²) in [5.41, 5.74) is -1.52. The molecule has 1 aromatic rings. The van der Waals surface area contributed by atoms with Gasteiger partial charge in [-0.25, -0.2) is 4.79 Å². The first-order valence-electron chi connectivity index (χ1n) is 5.72. The fourth-order valence-corrected chi connectivity index (χ4v) is 2.08. The maximum absolute atomic E-state index is 11.7. The lowest BCUT2D eigenvalue weighted by atomic mass is 10.0. The molecule has 0 spiro atoms. The van der Waals surface area contributed by atoms with E-state index < -0.39 is 41.1 Å². The number of nitrogens with zero attached hydrogens (tertiary/aromatic N) is 1. The highest BCUT2D eigenvalue weighted by molar-refractivity contribution is 6.24. The first-order chi connectivity index (χ1) is 8.74. The second-order valence-corrected chi connectivity index (χ2v) is 4.93. The number of rotatable bonds is 2. The molecule has 3 N–H and O–H groups in total. The van der Waals surface area contributed by atoms with E-state index in [9.17, 15) is 14.7 Å². The summed E-state index contributed by atoms with van der Waals surface area (Å²) >= 11 is 6.12.